The van der Waals surface area contributed by atoms with Gasteiger partial charge in [0.15, 0.2) is 0 Å². The third kappa shape index (κ3) is 4.51. The van der Waals surface area contributed by atoms with E-state index in [0.29, 0.717) is 13.2 Å². The molecule has 0 spiro atoms. The number of ether oxygens (including phenoxy) is 2. The molecule has 0 aliphatic carbocycles. The standard InChI is InChI=1S/C12H18BrNO2/c1-15-7-2-8-16-11-3-4-12(13)10(9-11)5-6-14/h3-4,9H,2,5-8,14H2,1H3. The molecule has 1 rings (SSSR count). The summed E-state index contributed by atoms with van der Waals surface area (Å²) in [6.07, 6.45) is 1.76. The van der Waals surface area contributed by atoms with Gasteiger partial charge in [-0.15, -0.1) is 0 Å². The summed E-state index contributed by atoms with van der Waals surface area (Å²) in [4.78, 5) is 0. The summed E-state index contributed by atoms with van der Waals surface area (Å²) in [6, 6.07) is 5.98. The minimum Gasteiger partial charge on any atom is -0.493 e. The molecule has 0 saturated carbocycles. The van der Waals surface area contributed by atoms with Crippen LogP contribution in [0.5, 0.6) is 5.75 Å². The Morgan fingerprint density at radius 3 is 2.81 bits per heavy atom. The largest absolute Gasteiger partial charge is 0.493 e. The van der Waals surface area contributed by atoms with E-state index < -0.39 is 0 Å². The maximum Gasteiger partial charge on any atom is 0.119 e. The number of hydrogen-bond donors (Lipinski definition) is 1. The van der Waals surface area contributed by atoms with Gasteiger partial charge in [-0.3, -0.25) is 0 Å². The van der Waals surface area contributed by atoms with Gasteiger partial charge >= 0.3 is 0 Å². The number of nitrogens with two attached hydrogens (primary N) is 1. The second-order valence-corrected chi connectivity index (χ2v) is 4.34. The van der Waals surface area contributed by atoms with Crippen LogP contribution in [0.3, 0.4) is 0 Å². The molecule has 16 heavy (non-hydrogen) atoms. The molecular weight excluding hydrogens is 270 g/mol. The summed E-state index contributed by atoms with van der Waals surface area (Å²) < 4.78 is 11.7. The lowest BCUT2D eigenvalue weighted by molar-refractivity contribution is 0.172. The first kappa shape index (κ1) is 13.5. The van der Waals surface area contributed by atoms with Gasteiger partial charge in [0.1, 0.15) is 5.75 Å². The normalized spacial score (nSPS) is 10.4. The van der Waals surface area contributed by atoms with E-state index in [9.17, 15) is 0 Å². The highest BCUT2D eigenvalue weighted by molar-refractivity contribution is 9.10. The molecule has 3 nitrogen and oxygen atoms in total. The Bertz CT molecular complexity index is 318. The molecule has 0 amide bonds. The maximum atomic E-state index is 5.61. The highest BCUT2D eigenvalue weighted by atomic mass is 79.9. The SMILES string of the molecule is COCCCOc1ccc(Br)c(CCN)c1. The smallest absolute Gasteiger partial charge is 0.119 e. The quantitative estimate of drug-likeness (QED) is 0.783. The van der Waals surface area contributed by atoms with Crippen molar-refractivity contribution in [1.82, 2.24) is 0 Å². The average molecular weight is 288 g/mol. The maximum absolute atomic E-state index is 5.61. The summed E-state index contributed by atoms with van der Waals surface area (Å²) in [6.45, 7) is 2.05. The number of halogens is 1. The van der Waals surface area contributed by atoms with E-state index in [2.05, 4.69) is 15.9 Å². The van der Waals surface area contributed by atoms with Crippen LogP contribution in [0.4, 0.5) is 0 Å². The predicted octanol–water partition coefficient (Wildman–Crippen LogP) is 2.37. The third-order valence-corrected chi connectivity index (χ3v) is 2.97. The van der Waals surface area contributed by atoms with E-state index in [-0.39, 0.29) is 0 Å². The topological polar surface area (TPSA) is 44.5 Å². The zero-order chi connectivity index (χ0) is 11.8. The van der Waals surface area contributed by atoms with E-state index in [1.807, 2.05) is 18.2 Å². The second kappa shape index (κ2) is 7.65. The van der Waals surface area contributed by atoms with Crippen LogP contribution in [-0.4, -0.2) is 26.9 Å². The molecule has 0 saturated heterocycles. The fourth-order valence-corrected chi connectivity index (χ4v) is 1.83. The van der Waals surface area contributed by atoms with Crippen molar-refractivity contribution < 1.29 is 9.47 Å². The van der Waals surface area contributed by atoms with Crippen LogP contribution in [0.25, 0.3) is 0 Å². The van der Waals surface area contributed by atoms with Gasteiger partial charge < -0.3 is 15.2 Å². The summed E-state index contributed by atoms with van der Waals surface area (Å²) in [5.41, 5.74) is 6.73. The van der Waals surface area contributed by atoms with Crippen LogP contribution in [0, 0.1) is 0 Å². The Morgan fingerprint density at radius 1 is 1.31 bits per heavy atom. The monoisotopic (exact) mass is 287 g/mol. The van der Waals surface area contributed by atoms with Crippen LogP contribution in [0.2, 0.25) is 0 Å². The highest BCUT2D eigenvalue weighted by Crippen LogP contribution is 2.22. The Balaban J connectivity index is 2.50. The van der Waals surface area contributed by atoms with Crippen LogP contribution >= 0.6 is 15.9 Å². The Morgan fingerprint density at radius 2 is 2.12 bits per heavy atom. The number of hydrogen-bond acceptors (Lipinski definition) is 3. The second-order valence-electron chi connectivity index (χ2n) is 3.49. The first-order chi connectivity index (χ1) is 7.77. The minimum absolute atomic E-state index is 0.645. The van der Waals surface area contributed by atoms with Gasteiger partial charge in [0, 0.05) is 24.6 Å². The molecule has 0 heterocycles. The van der Waals surface area contributed by atoms with Crippen molar-refractivity contribution in [2.24, 2.45) is 5.73 Å². The van der Waals surface area contributed by atoms with Crippen molar-refractivity contribution in [2.75, 3.05) is 26.9 Å². The van der Waals surface area contributed by atoms with E-state index in [1.54, 1.807) is 7.11 Å². The van der Waals surface area contributed by atoms with Crippen molar-refractivity contribution >= 4 is 15.9 Å². The summed E-state index contributed by atoms with van der Waals surface area (Å²) in [5, 5.41) is 0. The molecule has 1 aromatic rings. The van der Waals surface area contributed by atoms with Gasteiger partial charge in [0.05, 0.1) is 6.61 Å². The van der Waals surface area contributed by atoms with E-state index in [1.165, 1.54) is 5.56 Å². The predicted molar refractivity (Wildman–Crippen MR) is 68.9 cm³/mol. The summed E-state index contributed by atoms with van der Waals surface area (Å²) in [7, 11) is 1.69. The molecule has 0 aliphatic rings. The Hall–Kier alpha value is -0.580. The number of methoxy groups -OCH3 is 1. The van der Waals surface area contributed by atoms with Crippen LogP contribution in [0.15, 0.2) is 22.7 Å². The molecule has 2 N–H and O–H groups in total. The molecule has 0 atom stereocenters. The van der Waals surface area contributed by atoms with E-state index in [0.717, 1.165) is 29.7 Å². The molecule has 0 fully saturated rings. The third-order valence-electron chi connectivity index (χ3n) is 2.19. The van der Waals surface area contributed by atoms with E-state index in [4.69, 9.17) is 15.2 Å². The fourth-order valence-electron chi connectivity index (χ4n) is 1.38. The molecule has 4 heteroatoms. The van der Waals surface area contributed by atoms with Crippen molar-refractivity contribution in [3.8, 4) is 5.75 Å². The van der Waals surface area contributed by atoms with Crippen LogP contribution in [0.1, 0.15) is 12.0 Å². The van der Waals surface area contributed by atoms with Gasteiger partial charge in [-0.2, -0.15) is 0 Å². The lowest BCUT2D eigenvalue weighted by Gasteiger charge is -2.09. The zero-order valence-electron chi connectivity index (χ0n) is 9.54. The molecule has 0 bridgehead atoms. The van der Waals surface area contributed by atoms with E-state index >= 15 is 0 Å². The van der Waals surface area contributed by atoms with Crippen molar-refractivity contribution in [3.05, 3.63) is 28.2 Å². The molecule has 0 unspecified atom stereocenters. The van der Waals surface area contributed by atoms with Crippen molar-refractivity contribution in [3.63, 3.8) is 0 Å². The molecule has 0 radical (unpaired) electrons. The lowest BCUT2D eigenvalue weighted by Crippen LogP contribution is -2.05. The first-order valence-corrected chi connectivity index (χ1v) is 6.17. The molecular formula is C12H18BrNO2. The van der Waals surface area contributed by atoms with Crippen molar-refractivity contribution in [1.29, 1.82) is 0 Å². The Kier molecular flexibility index (Phi) is 6.45. The molecule has 0 aliphatic heterocycles. The minimum atomic E-state index is 0.645. The lowest BCUT2D eigenvalue weighted by atomic mass is 10.1. The first-order valence-electron chi connectivity index (χ1n) is 5.38. The fraction of sp³-hybridized carbons (Fsp3) is 0.500. The van der Waals surface area contributed by atoms with Gasteiger partial charge in [0.25, 0.3) is 0 Å². The molecule has 90 valence electrons. The average Bonchev–Trinajstić information content (AvgIpc) is 2.29. The Labute approximate surface area is 105 Å². The molecule has 1 aromatic carbocycles. The van der Waals surface area contributed by atoms with Gasteiger partial charge in [-0.1, -0.05) is 15.9 Å². The highest BCUT2D eigenvalue weighted by Gasteiger charge is 2.01. The van der Waals surface area contributed by atoms with Gasteiger partial charge in [0.2, 0.25) is 0 Å². The zero-order valence-corrected chi connectivity index (χ0v) is 11.1. The number of benzene rings is 1. The van der Waals surface area contributed by atoms with Crippen molar-refractivity contribution in [2.45, 2.75) is 12.8 Å². The summed E-state index contributed by atoms with van der Waals surface area (Å²) in [5.74, 6) is 0.891. The van der Waals surface area contributed by atoms with Gasteiger partial charge in [-0.25, -0.2) is 0 Å². The summed E-state index contributed by atoms with van der Waals surface area (Å²) >= 11 is 3.49. The van der Waals surface area contributed by atoms with Crippen LogP contribution < -0.4 is 10.5 Å². The number of rotatable bonds is 7. The van der Waals surface area contributed by atoms with Crippen LogP contribution in [-0.2, 0) is 11.2 Å². The van der Waals surface area contributed by atoms with Gasteiger partial charge in [-0.05, 0) is 36.7 Å². The molecule has 0 aromatic heterocycles.